The van der Waals surface area contributed by atoms with E-state index in [-0.39, 0.29) is 16.9 Å². The zero-order valence-corrected chi connectivity index (χ0v) is 20.6. The van der Waals surface area contributed by atoms with Crippen LogP contribution in [-0.2, 0) is 4.74 Å². The predicted molar refractivity (Wildman–Crippen MR) is 134 cm³/mol. The molecule has 0 aliphatic heterocycles. The van der Waals surface area contributed by atoms with Crippen LogP contribution in [0.3, 0.4) is 0 Å². The Kier molecular flexibility index (Phi) is 11.1. The highest BCUT2D eigenvalue weighted by atomic mass is 79.9. The second-order valence-electron chi connectivity index (χ2n) is 6.93. The Morgan fingerprint density at radius 2 is 1.78 bits per heavy atom. The quantitative estimate of drug-likeness (QED) is 0.297. The minimum absolute atomic E-state index is 0.145. The third kappa shape index (κ3) is 8.57. The highest BCUT2D eigenvalue weighted by molar-refractivity contribution is 9.10. The molecule has 0 radical (unpaired) electrons. The van der Waals surface area contributed by atoms with E-state index in [0.29, 0.717) is 42.3 Å². The van der Waals surface area contributed by atoms with Crippen molar-refractivity contribution in [2.45, 2.75) is 26.2 Å². The number of amides is 2. The van der Waals surface area contributed by atoms with Gasteiger partial charge in [-0.2, -0.15) is 0 Å². The first-order valence-electron chi connectivity index (χ1n) is 10.4. The van der Waals surface area contributed by atoms with Gasteiger partial charge in [0, 0.05) is 36.0 Å². The number of ether oxygens (including phenoxy) is 2. The van der Waals surface area contributed by atoms with Gasteiger partial charge < -0.3 is 20.1 Å². The van der Waals surface area contributed by atoms with Crippen LogP contribution in [0.15, 0.2) is 46.9 Å². The molecule has 0 heterocycles. The van der Waals surface area contributed by atoms with Gasteiger partial charge >= 0.3 is 0 Å². The molecule has 0 aliphatic rings. The van der Waals surface area contributed by atoms with Crippen molar-refractivity contribution in [3.63, 3.8) is 0 Å². The van der Waals surface area contributed by atoms with Crippen molar-refractivity contribution in [1.29, 1.82) is 0 Å². The molecule has 0 atom stereocenters. The van der Waals surface area contributed by atoms with Crippen molar-refractivity contribution >= 4 is 50.8 Å². The fourth-order valence-electron chi connectivity index (χ4n) is 2.69. The Morgan fingerprint density at radius 3 is 2.47 bits per heavy atom. The zero-order valence-electron chi connectivity index (χ0n) is 18.2. The second-order valence-corrected chi connectivity index (χ2v) is 8.25. The monoisotopic (exact) mass is 521 g/mol. The molecule has 2 rings (SSSR count). The van der Waals surface area contributed by atoms with Crippen LogP contribution in [0.4, 0.5) is 5.69 Å². The highest BCUT2D eigenvalue weighted by Gasteiger charge is 2.15. The summed E-state index contributed by atoms with van der Waals surface area (Å²) in [4.78, 5) is 24.9. The smallest absolute Gasteiger partial charge is 0.261 e. The van der Waals surface area contributed by atoms with Crippen LogP contribution in [-0.4, -0.2) is 43.8 Å². The number of thiocarbonyl (C=S) groups is 1. The molecule has 3 N–H and O–H groups in total. The Hall–Kier alpha value is -2.49. The standard InChI is InChI=1S/C23H28BrN3O4S/c1-3-4-14-31-20-11-8-17(24)15-19(20)22(29)27-23(32)26-18-9-6-16(7-10-18)21(28)25-12-5-13-30-2/h6-11,15H,3-5,12-14H2,1-2H3,(H,25,28)(H2,26,27,29,32). The van der Waals surface area contributed by atoms with Crippen LogP contribution in [0.2, 0.25) is 0 Å². The van der Waals surface area contributed by atoms with Crippen LogP contribution in [0, 0.1) is 0 Å². The van der Waals surface area contributed by atoms with Crippen LogP contribution < -0.4 is 20.7 Å². The van der Waals surface area contributed by atoms with Gasteiger partial charge in [-0.05, 0) is 67.5 Å². The van der Waals surface area contributed by atoms with Crippen molar-refractivity contribution in [3.05, 3.63) is 58.1 Å². The van der Waals surface area contributed by atoms with E-state index in [4.69, 9.17) is 21.7 Å². The Bertz CT molecular complexity index is 922. The second kappa shape index (κ2) is 13.8. The lowest BCUT2D eigenvalue weighted by molar-refractivity contribution is 0.0946. The van der Waals surface area contributed by atoms with Crippen molar-refractivity contribution in [2.24, 2.45) is 0 Å². The van der Waals surface area contributed by atoms with E-state index in [1.54, 1.807) is 43.5 Å². The van der Waals surface area contributed by atoms with Crippen molar-refractivity contribution in [1.82, 2.24) is 10.6 Å². The number of methoxy groups -OCH3 is 1. The van der Waals surface area contributed by atoms with E-state index in [1.165, 1.54) is 0 Å². The largest absolute Gasteiger partial charge is 0.493 e. The summed E-state index contributed by atoms with van der Waals surface area (Å²) < 4.78 is 11.5. The summed E-state index contributed by atoms with van der Waals surface area (Å²) in [5.74, 6) is -0.0287. The SMILES string of the molecule is CCCCOc1ccc(Br)cc1C(=O)NC(=S)Nc1ccc(C(=O)NCCCOC)cc1. The lowest BCUT2D eigenvalue weighted by Gasteiger charge is -2.14. The van der Waals surface area contributed by atoms with E-state index in [2.05, 4.69) is 38.8 Å². The molecule has 0 spiro atoms. The summed E-state index contributed by atoms with van der Waals surface area (Å²) in [6.45, 7) is 3.75. The molecule has 0 saturated heterocycles. The number of unbranched alkanes of at least 4 members (excludes halogenated alkanes) is 1. The van der Waals surface area contributed by atoms with Gasteiger partial charge in [-0.25, -0.2) is 0 Å². The molecule has 2 amide bonds. The summed E-state index contributed by atoms with van der Waals surface area (Å²) in [7, 11) is 1.62. The van der Waals surface area contributed by atoms with Gasteiger partial charge in [0.2, 0.25) is 0 Å². The molecule has 0 aromatic heterocycles. The number of carbonyl (C=O) groups is 2. The molecule has 0 saturated carbocycles. The number of hydrogen-bond acceptors (Lipinski definition) is 5. The molecule has 0 bridgehead atoms. The van der Waals surface area contributed by atoms with Crippen molar-refractivity contribution < 1.29 is 19.1 Å². The Labute approximate surface area is 202 Å². The molecule has 172 valence electrons. The van der Waals surface area contributed by atoms with Gasteiger partial charge in [-0.3, -0.25) is 14.9 Å². The molecule has 0 aliphatic carbocycles. The lowest BCUT2D eigenvalue weighted by atomic mass is 10.2. The molecular formula is C23H28BrN3O4S. The highest BCUT2D eigenvalue weighted by Crippen LogP contribution is 2.23. The van der Waals surface area contributed by atoms with E-state index < -0.39 is 0 Å². The molecular weight excluding hydrogens is 494 g/mol. The van der Waals surface area contributed by atoms with Crippen LogP contribution >= 0.6 is 28.1 Å². The van der Waals surface area contributed by atoms with E-state index in [9.17, 15) is 9.59 Å². The first-order valence-corrected chi connectivity index (χ1v) is 11.6. The van der Waals surface area contributed by atoms with Gasteiger partial charge in [0.15, 0.2) is 5.11 Å². The number of halogens is 1. The fourth-order valence-corrected chi connectivity index (χ4v) is 3.26. The fraction of sp³-hybridized carbons (Fsp3) is 0.348. The van der Waals surface area contributed by atoms with Crippen molar-refractivity contribution in [2.75, 3.05) is 32.2 Å². The average Bonchev–Trinajstić information content (AvgIpc) is 2.78. The maximum atomic E-state index is 12.7. The summed E-state index contributed by atoms with van der Waals surface area (Å²) in [5.41, 5.74) is 1.57. The van der Waals surface area contributed by atoms with Crippen LogP contribution in [0.5, 0.6) is 5.75 Å². The number of anilines is 1. The van der Waals surface area contributed by atoms with E-state index in [1.807, 2.05) is 6.07 Å². The third-order valence-corrected chi connectivity index (χ3v) is 5.08. The lowest BCUT2D eigenvalue weighted by Crippen LogP contribution is -2.34. The normalized spacial score (nSPS) is 10.3. The maximum absolute atomic E-state index is 12.7. The van der Waals surface area contributed by atoms with Gasteiger partial charge in [0.05, 0.1) is 12.2 Å². The first kappa shape index (κ1) is 25.8. The number of nitrogens with one attached hydrogen (secondary N) is 3. The number of benzene rings is 2. The topological polar surface area (TPSA) is 88.7 Å². The van der Waals surface area contributed by atoms with Gasteiger partial charge in [-0.15, -0.1) is 0 Å². The molecule has 0 unspecified atom stereocenters. The predicted octanol–water partition coefficient (Wildman–Crippen LogP) is 4.52. The summed E-state index contributed by atoms with van der Waals surface area (Å²) in [6.07, 6.45) is 2.65. The average molecular weight is 522 g/mol. The van der Waals surface area contributed by atoms with Crippen LogP contribution in [0.25, 0.3) is 0 Å². The van der Waals surface area contributed by atoms with Crippen molar-refractivity contribution in [3.8, 4) is 5.75 Å². The minimum Gasteiger partial charge on any atom is -0.493 e. The number of hydrogen-bond donors (Lipinski definition) is 3. The van der Waals surface area contributed by atoms with Gasteiger partial charge in [-0.1, -0.05) is 29.3 Å². The third-order valence-electron chi connectivity index (χ3n) is 4.38. The molecule has 7 nitrogen and oxygen atoms in total. The van der Waals surface area contributed by atoms with Gasteiger partial charge in [0.25, 0.3) is 11.8 Å². The van der Waals surface area contributed by atoms with Crippen LogP contribution in [0.1, 0.15) is 46.9 Å². The number of rotatable bonds is 11. The van der Waals surface area contributed by atoms with E-state index >= 15 is 0 Å². The zero-order chi connectivity index (χ0) is 23.3. The molecule has 9 heteroatoms. The molecule has 32 heavy (non-hydrogen) atoms. The van der Waals surface area contributed by atoms with E-state index in [0.717, 1.165) is 23.7 Å². The summed E-state index contributed by atoms with van der Waals surface area (Å²) in [5, 5.41) is 8.60. The Morgan fingerprint density at radius 1 is 1.03 bits per heavy atom. The summed E-state index contributed by atoms with van der Waals surface area (Å²) in [6, 6.07) is 12.1. The molecule has 0 fully saturated rings. The molecule has 2 aromatic rings. The number of carbonyl (C=O) groups excluding carboxylic acids is 2. The Balaban J connectivity index is 1.93. The first-order chi connectivity index (χ1) is 15.4. The summed E-state index contributed by atoms with van der Waals surface area (Å²) >= 11 is 8.66. The maximum Gasteiger partial charge on any atom is 0.261 e. The minimum atomic E-state index is -0.373. The van der Waals surface area contributed by atoms with Gasteiger partial charge in [0.1, 0.15) is 5.75 Å². The molecule has 2 aromatic carbocycles.